The van der Waals surface area contributed by atoms with Crippen molar-refractivity contribution < 1.29 is 23.4 Å². The molecule has 3 N–H and O–H groups in total. The Kier molecular flexibility index (Phi) is 4.77. The minimum absolute atomic E-state index is 0.0476. The summed E-state index contributed by atoms with van der Waals surface area (Å²) in [7, 11) is 0. The smallest absolute Gasteiger partial charge is 0.341 e. The van der Waals surface area contributed by atoms with Gasteiger partial charge >= 0.3 is 5.97 Å². The molecule has 2 aliphatic heterocycles. The average molecular weight is 405 g/mol. The molecule has 1 fully saturated rings. The largest absolute Gasteiger partial charge is 0.487 e. The molecule has 1 saturated heterocycles. The Balaban J connectivity index is 1.97. The lowest BCUT2D eigenvalue weighted by Gasteiger charge is -2.35. The van der Waals surface area contributed by atoms with E-state index in [1.807, 2.05) is 6.92 Å². The van der Waals surface area contributed by atoms with Crippen LogP contribution in [0.4, 0.5) is 14.5 Å². The molecule has 9 heteroatoms. The number of hydrogen-bond acceptors (Lipinski definition) is 5. The molecule has 7 nitrogen and oxygen atoms in total. The van der Waals surface area contributed by atoms with E-state index >= 15 is 4.39 Å². The van der Waals surface area contributed by atoms with Crippen LogP contribution in [0.1, 0.15) is 36.2 Å². The molecule has 2 aliphatic rings. The number of benzene rings is 1. The van der Waals surface area contributed by atoms with Crippen molar-refractivity contribution in [2.24, 2.45) is 5.73 Å². The maximum Gasteiger partial charge on any atom is 0.341 e. The monoisotopic (exact) mass is 405 g/mol. The number of pyridine rings is 1. The van der Waals surface area contributed by atoms with E-state index in [1.165, 1.54) is 6.20 Å². The number of aromatic nitrogens is 1. The first kappa shape index (κ1) is 19.4. The van der Waals surface area contributed by atoms with Gasteiger partial charge in [0.2, 0.25) is 5.43 Å². The van der Waals surface area contributed by atoms with Crippen LogP contribution in [0.25, 0.3) is 10.9 Å². The first-order chi connectivity index (χ1) is 13.8. The quantitative estimate of drug-likeness (QED) is 0.815. The van der Waals surface area contributed by atoms with Gasteiger partial charge in [0.1, 0.15) is 23.7 Å². The average Bonchev–Trinajstić information content (AvgIpc) is 2.71. The Hall–Kier alpha value is -2.94. The summed E-state index contributed by atoms with van der Waals surface area (Å²) in [5, 5.41) is 9.31. The SMILES string of the molecule is C[C@H]1COc2c(N3CCCC(=C(F)CN)C3)c(F)cc3c(=O)c(C(=O)O)cn1c23. The van der Waals surface area contributed by atoms with Gasteiger partial charge in [-0.2, -0.15) is 0 Å². The summed E-state index contributed by atoms with van der Waals surface area (Å²) in [5.41, 5.74) is 5.26. The molecule has 1 atom stereocenters. The van der Waals surface area contributed by atoms with Gasteiger partial charge in [-0.05, 0) is 31.4 Å². The molecule has 0 bridgehead atoms. The van der Waals surface area contributed by atoms with Gasteiger partial charge in [0, 0.05) is 25.8 Å². The second-order valence-corrected chi connectivity index (χ2v) is 7.41. The van der Waals surface area contributed by atoms with E-state index in [-0.39, 0.29) is 42.6 Å². The van der Waals surface area contributed by atoms with E-state index in [9.17, 15) is 19.1 Å². The summed E-state index contributed by atoms with van der Waals surface area (Å²) >= 11 is 0. The number of piperidine rings is 1. The van der Waals surface area contributed by atoms with Crippen LogP contribution in [-0.4, -0.2) is 41.9 Å². The van der Waals surface area contributed by atoms with E-state index in [0.29, 0.717) is 30.5 Å². The molecule has 0 amide bonds. The third-order valence-corrected chi connectivity index (χ3v) is 5.54. The van der Waals surface area contributed by atoms with Gasteiger partial charge in [-0.1, -0.05) is 0 Å². The number of carbonyl (C=O) groups is 1. The zero-order chi connectivity index (χ0) is 20.9. The van der Waals surface area contributed by atoms with E-state index in [2.05, 4.69) is 0 Å². The summed E-state index contributed by atoms with van der Waals surface area (Å²) < 4.78 is 36.7. The number of halogens is 2. The Labute approximate surface area is 165 Å². The zero-order valence-electron chi connectivity index (χ0n) is 15.9. The molecule has 1 aromatic carbocycles. The van der Waals surface area contributed by atoms with Crippen molar-refractivity contribution in [1.82, 2.24) is 4.57 Å². The number of carboxylic acid groups (broad SMARTS) is 1. The van der Waals surface area contributed by atoms with E-state index in [4.69, 9.17) is 10.5 Å². The second kappa shape index (κ2) is 7.14. The highest BCUT2D eigenvalue weighted by atomic mass is 19.1. The van der Waals surface area contributed by atoms with Gasteiger partial charge in [0.25, 0.3) is 0 Å². The van der Waals surface area contributed by atoms with Crippen molar-refractivity contribution in [1.29, 1.82) is 0 Å². The van der Waals surface area contributed by atoms with Gasteiger partial charge in [0.05, 0.1) is 16.9 Å². The van der Waals surface area contributed by atoms with Gasteiger partial charge in [-0.15, -0.1) is 0 Å². The highest BCUT2D eigenvalue weighted by Crippen LogP contribution is 2.43. The number of carboxylic acids is 1. The van der Waals surface area contributed by atoms with Crippen LogP contribution >= 0.6 is 0 Å². The number of nitrogens with two attached hydrogens (primary N) is 1. The highest BCUT2D eigenvalue weighted by molar-refractivity contribution is 5.97. The van der Waals surface area contributed by atoms with Crippen molar-refractivity contribution in [3.05, 3.63) is 45.3 Å². The number of ether oxygens (including phenoxy) is 1. The van der Waals surface area contributed by atoms with Crippen molar-refractivity contribution in [3.63, 3.8) is 0 Å². The van der Waals surface area contributed by atoms with Crippen LogP contribution < -0.4 is 20.8 Å². The fraction of sp³-hybridized carbons (Fsp3) is 0.400. The molecule has 0 unspecified atom stereocenters. The molecule has 0 saturated carbocycles. The maximum atomic E-state index is 15.2. The summed E-state index contributed by atoms with van der Waals surface area (Å²) in [5.74, 6) is -2.29. The van der Waals surface area contributed by atoms with Gasteiger partial charge in [0.15, 0.2) is 11.6 Å². The van der Waals surface area contributed by atoms with Crippen molar-refractivity contribution >= 4 is 22.6 Å². The van der Waals surface area contributed by atoms with E-state index in [0.717, 1.165) is 6.07 Å². The number of hydrogen-bond donors (Lipinski definition) is 2. The van der Waals surface area contributed by atoms with Crippen LogP contribution in [0.15, 0.2) is 28.5 Å². The zero-order valence-corrected chi connectivity index (χ0v) is 15.9. The predicted octanol–water partition coefficient (Wildman–Crippen LogP) is 2.57. The molecule has 0 spiro atoms. The Bertz CT molecular complexity index is 1110. The first-order valence-electron chi connectivity index (χ1n) is 9.42. The van der Waals surface area contributed by atoms with Crippen LogP contribution in [0.5, 0.6) is 5.75 Å². The van der Waals surface area contributed by atoms with Crippen molar-refractivity contribution in [2.45, 2.75) is 25.8 Å². The molecular weight excluding hydrogens is 384 g/mol. The van der Waals surface area contributed by atoms with Crippen molar-refractivity contribution in [2.75, 3.05) is 31.1 Å². The fourth-order valence-corrected chi connectivity index (χ4v) is 4.09. The van der Waals surface area contributed by atoms with Gasteiger partial charge in [-0.3, -0.25) is 4.79 Å². The van der Waals surface area contributed by atoms with Crippen LogP contribution in [0.2, 0.25) is 0 Å². The normalized spacial score (nSPS) is 20.6. The molecule has 29 heavy (non-hydrogen) atoms. The van der Waals surface area contributed by atoms with Crippen LogP contribution in [0.3, 0.4) is 0 Å². The molecule has 4 rings (SSSR count). The van der Waals surface area contributed by atoms with Crippen molar-refractivity contribution in [3.8, 4) is 5.75 Å². The molecule has 0 radical (unpaired) electrons. The predicted molar refractivity (Wildman–Crippen MR) is 104 cm³/mol. The number of nitrogens with zero attached hydrogens (tertiary/aromatic N) is 2. The number of anilines is 1. The Morgan fingerprint density at radius 3 is 2.90 bits per heavy atom. The molecule has 1 aromatic heterocycles. The van der Waals surface area contributed by atoms with E-state index < -0.39 is 28.6 Å². The number of rotatable bonds is 3. The first-order valence-corrected chi connectivity index (χ1v) is 9.42. The molecular formula is C20H21F2N3O4. The molecule has 154 valence electrons. The third kappa shape index (κ3) is 3.05. The van der Waals surface area contributed by atoms with Gasteiger partial charge in [-0.25, -0.2) is 13.6 Å². The Morgan fingerprint density at radius 1 is 1.45 bits per heavy atom. The van der Waals surface area contributed by atoms with Gasteiger partial charge < -0.3 is 25.0 Å². The van der Waals surface area contributed by atoms with E-state index in [1.54, 1.807) is 9.47 Å². The lowest BCUT2D eigenvalue weighted by atomic mass is 10.0. The lowest BCUT2D eigenvalue weighted by molar-refractivity contribution is 0.0694. The van der Waals surface area contributed by atoms with Crippen LogP contribution in [0, 0.1) is 5.82 Å². The standard InChI is InChI=1S/C20H21F2N3O4/c1-10-9-29-19-16-12(18(26)13(20(27)28)8-25(10)16)5-14(21)17(19)24-4-2-3-11(7-24)15(22)6-23/h5,8,10H,2-4,6-7,9,23H2,1H3,(H,27,28)/t10-/m0/s1. The summed E-state index contributed by atoms with van der Waals surface area (Å²) in [6.45, 7) is 2.47. The molecule has 3 heterocycles. The summed E-state index contributed by atoms with van der Waals surface area (Å²) in [6, 6.07) is 0.812. The Morgan fingerprint density at radius 2 is 2.21 bits per heavy atom. The fourth-order valence-electron chi connectivity index (χ4n) is 4.09. The maximum absolute atomic E-state index is 15.2. The minimum atomic E-state index is -1.37. The van der Waals surface area contributed by atoms with Crippen LogP contribution in [-0.2, 0) is 0 Å². The topological polar surface area (TPSA) is 97.8 Å². The number of aromatic carboxylic acids is 1. The minimum Gasteiger partial charge on any atom is -0.487 e. The second-order valence-electron chi connectivity index (χ2n) is 7.41. The lowest BCUT2D eigenvalue weighted by Crippen LogP contribution is -2.34. The summed E-state index contributed by atoms with van der Waals surface area (Å²) in [4.78, 5) is 25.8. The third-order valence-electron chi connectivity index (χ3n) is 5.54. The molecule has 0 aliphatic carbocycles. The highest BCUT2D eigenvalue weighted by Gasteiger charge is 2.31. The molecule has 2 aromatic rings. The summed E-state index contributed by atoms with van der Waals surface area (Å²) in [6.07, 6.45) is 2.45.